The average Bonchev–Trinajstić information content (AvgIpc) is 2.36. The van der Waals surface area contributed by atoms with Crippen LogP contribution in [0.2, 0.25) is 0 Å². The molecule has 1 rings (SSSR count). The van der Waals surface area contributed by atoms with Crippen molar-refractivity contribution in [3.8, 4) is 6.07 Å². The van der Waals surface area contributed by atoms with Gasteiger partial charge in [0.25, 0.3) is 0 Å². The Morgan fingerprint density at radius 2 is 2.06 bits per heavy atom. The van der Waals surface area contributed by atoms with Gasteiger partial charge >= 0.3 is 0 Å². The second-order valence-electron chi connectivity index (χ2n) is 4.05. The Bertz CT molecular complexity index is 400. The van der Waals surface area contributed by atoms with Crippen molar-refractivity contribution in [2.24, 2.45) is 0 Å². The Kier molecular flexibility index (Phi) is 5.25. The summed E-state index contributed by atoms with van der Waals surface area (Å²) in [7, 11) is 2.03. The van der Waals surface area contributed by atoms with E-state index in [1.807, 2.05) is 31.3 Å². The number of rotatable bonds is 6. The quantitative estimate of drug-likeness (QED) is 0.760. The summed E-state index contributed by atoms with van der Waals surface area (Å²) >= 11 is 0. The molecule has 90 valence electrons. The van der Waals surface area contributed by atoms with Gasteiger partial charge in [-0.05, 0) is 36.4 Å². The predicted octanol–water partition coefficient (Wildman–Crippen LogP) is 2.16. The topological polar surface area (TPSA) is 39.1 Å². The molecule has 1 aromatic rings. The van der Waals surface area contributed by atoms with E-state index in [9.17, 15) is 0 Å². The average molecular weight is 229 g/mol. The molecular formula is C14H19N3. The van der Waals surface area contributed by atoms with E-state index in [1.54, 1.807) is 0 Å². The van der Waals surface area contributed by atoms with Crippen LogP contribution in [0.3, 0.4) is 0 Å². The van der Waals surface area contributed by atoms with E-state index in [0.717, 1.165) is 30.9 Å². The molecule has 0 amide bonds. The first kappa shape index (κ1) is 13.3. The van der Waals surface area contributed by atoms with Crippen molar-refractivity contribution in [3.63, 3.8) is 0 Å². The van der Waals surface area contributed by atoms with Crippen LogP contribution in [-0.4, -0.2) is 26.7 Å². The van der Waals surface area contributed by atoms with E-state index in [4.69, 9.17) is 5.26 Å². The van der Waals surface area contributed by atoms with Crippen LogP contribution in [0.15, 0.2) is 36.4 Å². The minimum Gasteiger partial charge on any atom is -0.371 e. The Labute approximate surface area is 103 Å². The first-order chi connectivity index (χ1) is 8.17. The molecular weight excluding hydrogens is 210 g/mol. The van der Waals surface area contributed by atoms with Crippen molar-refractivity contribution >= 4 is 5.69 Å². The van der Waals surface area contributed by atoms with E-state index in [-0.39, 0.29) is 0 Å². The van der Waals surface area contributed by atoms with Gasteiger partial charge in [-0.15, -0.1) is 0 Å². The number of hydrogen-bond donors (Lipinski definition) is 1. The predicted molar refractivity (Wildman–Crippen MR) is 72.1 cm³/mol. The largest absolute Gasteiger partial charge is 0.371 e. The molecule has 3 heteroatoms. The summed E-state index contributed by atoms with van der Waals surface area (Å²) in [6.07, 6.45) is 0. The standard InChI is InChI=1S/C14H19N3/c1-4-16-10-12(2)11-17(3)14-7-5-13(9-15)6-8-14/h5-8,16H,2,4,10-11H2,1,3H3. The third-order valence-corrected chi connectivity index (χ3v) is 2.52. The fourth-order valence-electron chi connectivity index (χ4n) is 1.57. The highest BCUT2D eigenvalue weighted by Gasteiger charge is 2.02. The molecule has 0 heterocycles. The maximum absolute atomic E-state index is 8.72. The fraction of sp³-hybridized carbons (Fsp3) is 0.357. The molecule has 0 aliphatic carbocycles. The summed E-state index contributed by atoms with van der Waals surface area (Å²) in [6.45, 7) is 8.74. The summed E-state index contributed by atoms with van der Waals surface area (Å²) < 4.78 is 0. The van der Waals surface area contributed by atoms with Crippen LogP contribution in [-0.2, 0) is 0 Å². The number of nitriles is 1. The molecule has 0 aromatic heterocycles. The molecule has 3 nitrogen and oxygen atoms in total. The van der Waals surface area contributed by atoms with Gasteiger partial charge < -0.3 is 10.2 Å². The molecule has 1 N–H and O–H groups in total. The minimum absolute atomic E-state index is 0.689. The van der Waals surface area contributed by atoms with E-state index in [0.29, 0.717) is 5.56 Å². The lowest BCUT2D eigenvalue weighted by Gasteiger charge is -2.20. The van der Waals surface area contributed by atoms with E-state index < -0.39 is 0 Å². The molecule has 17 heavy (non-hydrogen) atoms. The zero-order chi connectivity index (χ0) is 12.7. The number of hydrogen-bond acceptors (Lipinski definition) is 3. The second-order valence-corrected chi connectivity index (χ2v) is 4.05. The molecule has 0 radical (unpaired) electrons. The highest BCUT2D eigenvalue weighted by Crippen LogP contribution is 2.14. The number of anilines is 1. The SMILES string of the molecule is C=C(CNCC)CN(C)c1ccc(C#N)cc1. The van der Waals surface area contributed by atoms with Crippen molar-refractivity contribution in [2.45, 2.75) is 6.92 Å². The van der Waals surface area contributed by atoms with Gasteiger partial charge in [0, 0.05) is 25.8 Å². The zero-order valence-corrected chi connectivity index (χ0v) is 10.5. The maximum atomic E-state index is 8.72. The van der Waals surface area contributed by atoms with Crippen molar-refractivity contribution in [1.29, 1.82) is 5.26 Å². The monoisotopic (exact) mass is 229 g/mol. The first-order valence-electron chi connectivity index (χ1n) is 5.76. The Morgan fingerprint density at radius 1 is 1.41 bits per heavy atom. The lowest BCUT2D eigenvalue weighted by atomic mass is 10.2. The summed E-state index contributed by atoms with van der Waals surface area (Å²) in [5.41, 5.74) is 2.94. The molecule has 0 atom stereocenters. The van der Waals surface area contributed by atoms with E-state index in [1.165, 1.54) is 0 Å². The number of benzene rings is 1. The van der Waals surface area contributed by atoms with Crippen molar-refractivity contribution in [1.82, 2.24) is 5.32 Å². The Morgan fingerprint density at radius 3 is 2.59 bits per heavy atom. The van der Waals surface area contributed by atoms with E-state index >= 15 is 0 Å². The second kappa shape index (κ2) is 6.72. The minimum atomic E-state index is 0.689. The normalized spacial score (nSPS) is 9.71. The summed E-state index contributed by atoms with van der Waals surface area (Å²) in [5, 5.41) is 12.0. The molecule has 0 fully saturated rings. The molecule has 0 aliphatic rings. The van der Waals surface area contributed by atoms with Crippen LogP contribution in [0.5, 0.6) is 0 Å². The van der Waals surface area contributed by atoms with Crippen LogP contribution in [0, 0.1) is 11.3 Å². The van der Waals surface area contributed by atoms with Crippen LogP contribution < -0.4 is 10.2 Å². The van der Waals surface area contributed by atoms with Gasteiger partial charge in [-0.3, -0.25) is 0 Å². The molecule has 0 bridgehead atoms. The lowest BCUT2D eigenvalue weighted by molar-refractivity contribution is 0.760. The molecule has 0 saturated heterocycles. The van der Waals surface area contributed by atoms with Gasteiger partial charge in [-0.1, -0.05) is 13.5 Å². The molecule has 0 spiro atoms. The molecule has 1 aromatic carbocycles. The third-order valence-electron chi connectivity index (χ3n) is 2.52. The first-order valence-corrected chi connectivity index (χ1v) is 5.76. The van der Waals surface area contributed by atoms with Crippen molar-refractivity contribution in [3.05, 3.63) is 42.0 Å². The fourth-order valence-corrected chi connectivity index (χ4v) is 1.57. The van der Waals surface area contributed by atoms with Gasteiger partial charge in [0.2, 0.25) is 0 Å². The van der Waals surface area contributed by atoms with E-state index in [2.05, 4.69) is 29.8 Å². The lowest BCUT2D eigenvalue weighted by Crippen LogP contribution is -2.25. The van der Waals surface area contributed by atoms with Crippen LogP contribution >= 0.6 is 0 Å². The van der Waals surface area contributed by atoms with Gasteiger partial charge in [-0.25, -0.2) is 0 Å². The van der Waals surface area contributed by atoms with Gasteiger partial charge in [0.1, 0.15) is 0 Å². The zero-order valence-electron chi connectivity index (χ0n) is 10.5. The molecule has 0 saturated carbocycles. The smallest absolute Gasteiger partial charge is 0.0991 e. The Hall–Kier alpha value is -1.79. The van der Waals surface area contributed by atoms with Gasteiger partial charge in [0.05, 0.1) is 11.6 Å². The molecule has 0 unspecified atom stereocenters. The highest BCUT2D eigenvalue weighted by molar-refractivity contribution is 5.49. The van der Waals surface area contributed by atoms with Gasteiger partial charge in [0.15, 0.2) is 0 Å². The van der Waals surface area contributed by atoms with Gasteiger partial charge in [-0.2, -0.15) is 5.26 Å². The van der Waals surface area contributed by atoms with Crippen LogP contribution in [0.25, 0.3) is 0 Å². The van der Waals surface area contributed by atoms with Crippen molar-refractivity contribution < 1.29 is 0 Å². The summed E-state index contributed by atoms with van der Waals surface area (Å²) in [4.78, 5) is 2.13. The van der Waals surface area contributed by atoms with Crippen LogP contribution in [0.4, 0.5) is 5.69 Å². The summed E-state index contributed by atoms with van der Waals surface area (Å²) in [5.74, 6) is 0. The summed E-state index contributed by atoms with van der Waals surface area (Å²) in [6, 6.07) is 9.70. The molecule has 0 aliphatic heterocycles. The van der Waals surface area contributed by atoms with Crippen molar-refractivity contribution in [2.75, 3.05) is 31.6 Å². The highest BCUT2D eigenvalue weighted by atomic mass is 15.1. The number of likely N-dealkylation sites (N-methyl/N-ethyl adjacent to an activating group) is 2. The maximum Gasteiger partial charge on any atom is 0.0991 e. The number of nitrogens with zero attached hydrogens (tertiary/aromatic N) is 2. The number of nitrogens with one attached hydrogen (secondary N) is 1. The van der Waals surface area contributed by atoms with Crippen LogP contribution in [0.1, 0.15) is 12.5 Å². The third kappa shape index (κ3) is 4.29. The Balaban J connectivity index is 2.54.